The summed E-state index contributed by atoms with van der Waals surface area (Å²) >= 11 is 0. The fourth-order valence-corrected chi connectivity index (χ4v) is 3.40. The van der Waals surface area contributed by atoms with Gasteiger partial charge in [0.25, 0.3) is 5.91 Å². The first-order valence-corrected chi connectivity index (χ1v) is 10.1. The molecule has 29 heavy (non-hydrogen) atoms. The summed E-state index contributed by atoms with van der Waals surface area (Å²) in [5, 5.41) is 2.91. The van der Waals surface area contributed by atoms with Gasteiger partial charge in [-0.05, 0) is 41.2 Å². The van der Waals surface area contributed by atoms with Crippen molar-refractivity contribution in [2.75, 3.05) is 25.1 Å². The fourth-order valence-electron chi connectivity index (χ4n) is 3.40. The van der Waals surface area contributed by atoms with Crippen molar-refractivity contribution >= 4 is 17.5 Å². The Morgan fingerprint density at radius 1 is 1.00 bits per heavy atom. The lowest BCUT2D eigenvalue weighted by atomic mass is 9.92. The SMILES string of the molecule is COc1cccc(C(=O)NCCN(C(C)=O)c2c(C(C)C)cccc2C(C)C)c1. The van der Waals surface area contributed by atoms with Crippen LogP contribution in [0, 0.1) is 0 Å². The van der Waals surface area contributed by atoms with E-state index in [4.69, 9.17) is 4.74 Å². The van der Waals surface area contributed by atoms with Crippen molar-refractivity contribution in [1.29, 1.82) is 0 Å². The number of nitrogens with zero attached hydrogens (tertiary/aromatic N) is 1. The van der Waals surface area contributed by atoms with Crippen LogP contribution in [0.2, 0.25) is 0 Å². The molecule has 0 aliphatic carbocycles. The predicted octanol–water partition coefficient (Wildman–Crippen LogP) is 4.72. The molecule has 0 fully saturated rings. The molecule has 2 aromatic rings. The van der Waals surface area contributed by atoms with E-state index < -0.39 is 0 Å². The highest BCUT2D eigenvalue weighted by Gasteiger charge is 2.22. The van der Waals surface area contributed by atoms with E-state index in [1.165, 1.54) is 0 Å². The van der Waals surface area contributed by atoms with Gasteiger partial charge in [-0.25, -0.2) is 0 Å². The monoisotopic (exact) mass is 396 g/mol. The Kier molecular flexibility index (Phi) is 7.82. The smallest absolute Gasteiger partial charge is 0.251 e. The van der Waals surface area contributed by atoms with Crippen LogP contribution in [0.1, 0.15) is 67.9 Å². The number of hydrogen-bond donors (Lipinski definition) is 1. The number of rotatable bonds is 8. The lowest BCUT2D eigenvalue weighted by Crippen LogP contribution is -2.38. The van der Waals surface area contributed by atoms with E-state index in [0.29, 0.717) is 24.4 Å². The van der Waals surface area contributed by atoms with Crippen molar-refractivity contribution in [3.05, 3.63) is 59.2 Å². The van der Waals surface area contributed by atoms with Gasteiger partial charge in [0, 0.05) is 25.6 Å². The van der Waals surface area contributed by atoms with Crippen molar-refractivity contribution in [1.82, 2.24) is 5.32 Å². The van der Waals surface area contributed by atoms with Crippen LogP contribution in [0.3, 0.4) is 0 Å². The Labute approximate surface area is 174 Å². The molecule has 0 heterocycles. The average Bonchev–Trinajstić information content (AvgIpc) is 2.70. The van der Waals surface area contributed by atoms with Crippen molar-refractivity contribution in [2.45, 2.75) is 46.5 Å². The minimum atomic E-state index is -0.186. The molecule has 1 N–H and O–H groups in total. The number of anilines is 1. The lowest BCUT2D eigenvalue weighted by molar-refractivity contribution is -0.116. The first kappa shape index (κ1) is 22.5. The molecule has 0 radical (unpaired) electrons. The third-order valence-corrected chi connectivity index (χ3v) is 4.95. The largest absolute Gasteiger partial charge is 0.497 e. The Hall–Kier alpha value is -2.82. The average molecular weight is 397 g/mol. The summed E-state index contributed by atoms with van der Waals surface area (Å²) in [5.74, 6) is 0.994. The molecule has 0 saturated heterocycles. The van der Waals surface area contributed by atoms with Crippen molar-refractivity contribution in [2.24, 2.45) is 0 Å². The van der Waals surface area contributed by atoms with E-state index in [9.17, 15) is 9.59 Å². The highest BCUT2D eigenvalue weighted by atomic mass is 16.5. The number of para-hydroxylation sites is 1. The predicted molar refractivity (Wildman–Crippen MR) is 118 cm³/mol. The summed E-state index contributed by atoms with van der Waals surface area (Å²) < 4.78 is 5.18. The van der Waals surface area contributed by atoms with Crippen LogP contribution < -0.4 is 15.0 Å². The fraction of sp³-hybridized carbons (Fsp3) is 0.417. The second-order valence-electron chi connectivity index (χ2n) is 7.75. The molecule has 5 nitrogen and oxygen atoms in total. The molecule has 0 aromatic heterocycles. The Bertz CT molecular complexity index is 833. The van der Waals surface area contributed by atoms with Gasteiger partial charge in [0.05, 0.1) is 12.8 Å². The van der Waals surface area contributed by atoms with E-state index in [2.05, 4.69) is 51.2 Å². The summed E-state index contributed by atoms with van der Waals surface area (Å²) in [6, 6.07) is 13.2. The first-order valence-electron chi connectivity index (χ1n) is 10.1. The quantitative estimate of drug-likeness (QED) is 0.702. The maximum Gasteiger partial charge on any atom is 0.251 e. The number of ether oxygens (including phenoxy) is 1. The molecule has 0 aliphatic heterocycles. The molecular weight excluding hydrogens is 364 g/mol. The summed E-state index contributed by atoms with van der Waals surface area (Å²) in [7, 11) is 1.57. The molecule has 2 aromatic carbocycles. The van der Waals surface area contributed by atoms with E-state index in [1.807, 2.05) is 0 Å². The molecule has 0 saturated carbocycles. The molecule has 0 unspecified atom stereocenters. The molecule has 2 rings (SSSR count). The minimum absolute atomic E-state index is 0.0318. The topological polar surface area (TPSA) is 58.6 Å². The minimum Gasteiger partial charge on any atom is -0.497 e. The maximum atomic E-state index is 12.5. The third-order valence-electron chi connectivity index (χ3n) is 4.95. The number of amides is 2. The number of carbonyl (C=O) groups excluding carboxylic acids is 2. The summed E-state index contributed by atoms with van der Waals surface area (Å²) in [4.78, 5) is 26.8. The van der Waals surface area contributed by atoms with Crippen LogP contribution in [0.15, 0.2) is 42.5 Å². The Balaban J connectivity index is 2.21. The number of hydrogen-bond acceptors (Lipinski definition) is 3. The molecular formula is C24H32N2O3. The van der Waals surface area contributed by atoms with E-state index in [1.54, 1.807) is 43.2 Å². The van der Waals surface area contributed by atoms with Crippen molar-refractivity contribution in [3.63, 3.8) is 0 Å². The number of methoxy groups -OCH3 is 1. The van der Waals surface area contributed by atoms with Gasteiger partial charge in [0.15, 0.2) is 0 Å². The Morgan fingerprint density at radius 3 is 2.10 bits per heavy atom. The highest BCUT2D eigenvalue weighted by molar-refractivity contribution is 5.95. The van der Waals surface area contributed by atoms with Crippen molar-refractivity contribution < 1.29 is 14.3 Å². The summed E-state index contributed by atoms with van der Waals surface area (Å²) in [6.07, 6.45) is 0. The van der Waals surface area contributed by atoms with Gasteiger partial charge >= 0.3 is 0 Å². The Morgan fingerprint density at radius 2 is 1.59 bits per heavy atom. The van der Waals surface area contributed by atoms with Crippen LogP contribution in [-0.2, 0) is 4.79 Å². The molecule has 0 atom stereocenters. The van der Waals surface area contributed by atoms with Crippen molar-refractivity contribution in [3.8, 4) is 5.75 Å². The standard InChI is InChI=1S/C24H32N2O3/c1-16(2)21-11-8-12-22(17(3)4)23(21)26(18(5)27)14-13-25-24(28)19-9-7-10-20(15-19)29-6/h7-12,15-17H,13-14H2,1-6H3,(H,25,28). The van der Waals surface area contributed by atoms with Gasteiger partial charge in [-0.3, -0.25) is 9.59 Å². The zero-order chi connectivity index (χ0) is 21.6. The number of benzene rings is 2. The van der Waals surface area contributed by atoms with Crippen LogP contribution in [0.25, 0.3) is 0 Å². The van der Waals surface area contributed by atoms with E-state index in [0.717, 1.165) is 16.8 Å². The highest BCUT2D eigenvalue weighted by Crippen LogP contribution is 2.35. The third kappa shape index (κ3) is 5.59. The first-order chi connectivity index (χ1) is 13.8. The normalized spacial score (nSPS) is 10.9. The molecule has 5 heteroatoms. The van der Waals surface area contributed by atoms with E-state index >= 15 is 0 Å². The van der Waals surface area contributed by atoms with E-state index in [-0.39, 0.29) is 23.7 Å². The number of carbonyl (C=O) groups is 2. The van der Waals surface area contributed by atoms with Gasteiger partial charge in [-0.2, -0.15) is 0 Å². The zero-order valence-electron chi connectivity index (χ0n) is 18.3. The summed E-state index contributed by atoms with van der Waals surface area (Å²) in [6.45, 7) is 10.9. The number of nitrogens with one attached hydrogen (secondary N) is 1. The molecule has 2 amide bonds. The summed E-state index contributed by atoms with van der Waals surface area (Å²) in [5.41, 5.74) is 3.79. The second-order valence-corrected chi connectivity index (χ2v) is 7.75. The van der Waals surface area contributed by atoms with Gasteiger partial charge in [-0.1, -0.05) is 52.0 Å². The van der Waals surface area contributed by atoms with Gasteiger partial charge in [0.1, 0.15) is 5.75 Å². The second kappa shape index (κ2) is 10.1. The van der Waals surface area contributed by atoms with Crippen LogP contribution in [0.4, 0.5) is 5.69 Å². The maximum absolute atomic E-state index is 12.5. The van der Waals surface area contributed by atoms with Crippen LogP contribution in [0.5, 0.6) is 5.75 Å². The van der Waals surface area contributed by atoms with Gasteiger partial charge in [-0.15, -0.1) is 0 Å². The molecule has 156 valence electrons. The lowest BCUT2D eigenvalue weighted by Gasteiger charge is -2.29. The van der Waals surface area contributed by atoms with Gasteiger partial charge < -0.3 is 15.0 Å². The molecule has 0 bridgehead atoms. The zero-order valence-corrected chi connectivity index (χ0v) is 18.3. The van der Waals surface area contributed by atoms with Gasteiger partial charge in [0.2, 0.25) is 5.91 Å². The molecule has 0 spiro atoms. The molecule has 0 aliphatic rings. The van der Waals surface area contributed by atoms with Crippen LogP contribution in [-0.4, -0.2) is 32.0 Å². The van der Waals surface area contributed by atoms with Crippen LogP contribution >= 0.6 is 0 Å².